The standard InChI is InChI=1S/C11H7BrClNO5S2/c12-7-4-9(13)20-11(7)21(18,19)14-5-1-2-6(10(16)17)8(15)3-5/h1-4,14-15H,(H,16,17). The number of hydrogen-bond acceptors (Lipinski definition) is 5. The molecule has 0 unspecified atom stereocenters. The molecule has 0 amide bonds. The van der Waals surface area contributed by atoms with Gasteiger partial charge in [0, 0.05) is 6.07 Å². The van der Waals surface area contributed by atoms with Crippen molar-refractivity contribution in [3.8, 4) is 5.75 Å². The van der Waals surface area contributed by atoms with Gasteiger partial charge in [-0.25, -0.2) is 13.2 Å². The Kier molecular flexibility index (Phi) is 4.47. The van der Waals surface area contributed by atoms with E-state index >= 15 is 0 Å². The number of aromatic carboxylic acids is 1. The van der Waals surface area contributed by atoms with Crippen molar-refractivity contribution in [2.45, 2.75) is 4.21 Å². The number of thiophene rings is 1. The molecule has 0 saturated carbocycles. The molecule has 0 bridgehead atoms. The molecule has 0 fully saturated rings. The average Bonchev–Trinajstić information content (AvgIpc) is 2.68. The van der Waals surface area contributed by atoms with Gasteiger partial charge in [0.05, 0.1) is 14.5 Å². The first-order chi connectivity index (χ1) is 9.70. The van der Waals surface area contributed by atoms with Crippen LogP contribution in [0, 0.1) is 0 Å². The van der Waals surface area contributed by atoms with E-state index in [1.54, 1.807) is 0 Å². The maximum absolute atomic E-state index is 12.2. The molecular formula is C11H7BrClNO5S2. The molecule has 2 rings (SSSR count). The van der Waals surface area contributed by atoms with E-state index in [9.17, 15) is 18.3 Å². The maximum atomic E-state index is 12.2. The normalized spacial score (nSPS) is 11.3. The quantitative estimate of drug-likeness (QED) is 0.714. The number of aromatic hydroxyl groups is 1. The Hall–Kier alpha value is -1.29. The van der Waals surface area contributed by atoms with Crippen LogP contribution in [0.1, 0.15) is 10.4 Å². The second kappa shape index (κ2) is 5.84. The van der Waals surface area contributed by atoms with Crippen LogP contribution in [0.25, 0.3) is 0 Å². The monoisotopic (exact) mass is 411 g/mol. The van der Waals surface area contributed by atoms with Crippen molar-refractivity contribution in [2.24, 2.45) is 0 Å². The summed E-state index contributed by atoms with van der Waals surface area (Å²) in [7, 11) is -3.89. The molecule has 1 aromatic heterocycles. The van der Waals surface area contributed by atoms with Gasteiger partial charge in [-0.05, 0) is 34.1 Å². The van der Waals surface area contributed by atoms with Gasteiger partial charge in [0.25, 0.3) is 10.0 Å². The summed E-state index contributed by atoms with van der Waals surface area (Å²) in [5.74, 6) is -1.85. The Bertz CT molecular complexity index is 818. The molecule has 1 heterocycles. The lowest BCUT2D eigenvalue weighted by Crippen LogP contribution is -2.12. The highest BCUT2D eigenvalue weighted by Crippen LogP contribution is 2.35. The molecular weight excluding hydrogens is 406 g/mol. The zero-order valence-corrected chi connectivity index (χ0v) is 14.0. The first kappa shape index (κ1) is 16.1. The van der Waals surface area contributed by atoms with E-state index in [1.165, 1.54) is 12.1 Å². The minimum absolute atomic E-state index is 0.0192. The smallest absolute Gasteiger partial charge is 0.339 e. The number of carboxylic acid groups (broad SMARTS) is 1. The summed E-state index contributed by atoms with van der Waals surface area (Å²) in [5, 5.41) is 18.3. The number of benzene rings is 1. The molecule has 0 aliphatic carbocycles. The predicted octanol–water partition coefficient (Wildman–Crippen LogP) is 3.37. The van der Waals surface area contributed by atoms with Gasteiger partial charge in [-0.3, -0.25) is 4.72 Å². The van der Waals surface area contributed by atoms with Gasteiger partial charge in [0.15, 0.2) is 4.21 Å². The number of phenols is 1. The third-order valence-corrected chi connectivity index (χ3v) is 6.68. The fourth-order valence-corrected chi connectivity index (χ4v) is 5.55. The zero-order valence-electron chi connectivity index (χ0n) is 10.0. The van der Waals surface area contributed by atoms with Gasteiger partial charge in [0.2, 0.25) is 0 Å². The van der Waals surface area contributed by atoms with Crippen LogP contribution in [0.5, 0.6) is 5.75 Å². The first-order valence-electron chi connectivity index (χ1n) is 5.24. The molecule has 2 aromatic rings. The van der Waals surface area contributed by atoms with Crippen LogP contribution in [-0.2, 0) is 10.0 Å². The molecule has 0 saturated heterocycles. The highest BCUT2D eigenvalue weighted by molar-refractivity contribution is 9.10. The SMILES string of the molecule is O=C(O)c1ccc(NS(=O)(=O)c2sc(Cl)cc2Br)cc1O. The summed E-state index contributed by atoms with van der Waals surface area (Å²) in [4.78, 5) is 10.8. The molecule has 3 N–H and O–H groups in total. The average molecular weight is 413 g/mol. The highest BCUT2D eigenvalue weighted by Gasteiger charge is 2.22. The van der Waals surface area contributed by atoms with Crippen LogP contribution in [-0.4, -0.2) is 24.6 Å². The Morgan fingerprint density at radius 2 is 2.00 bits per heavy atom. The van der Waals surface area contributed by atoms with E-state index in [2.05, 4.69) is 20.7 Å². The molecule has 6 nitrogen and oxygen atoms in total. The lowest BCUT2D eigenvalue weighted by atomic mass is 10.2. The van der Waals surface area contributed by atoms with Crippen molar-refractivity contribution in [2.75, 3.05) is 4.72 Å². The topological polar surface area (TPSA) is 104 Å². The van der Waals surface area contributed by atoms with Gasteiger partial charge in [-0.1, -0.05) is 11.6 Å². The number of carboxylic acids is 1. The number of halogens is 2. The summed E-state index contributed by atoms with van der Waals surface area (Å²) in [6, 6.07) is 4.81. The number of sulfonamides is 1. The van der Waals surface area contributed by atoms with Crippen LogP contribution in [0.4, 0.5) is 5.69 Å². The summed E-state index contributed by atoms with van der Waals surface area (Å²) in [5.41, 5.74) is -0.285. The van der Waals surface area contributed by atoms with Crippen LogP contribution in [0.15, 0.2) is 32.9 Å². The summed E-state index contributed by atoms with van der Waals surface area (Å²) < 4.78 is 27.2. The molecule has 21 heavy (non-hydrogen) atoms. The van der Waals surface area contributed by atoms with Gasteiger partial charge >= 0.3 is 5.97 Å². The molecule has 0 atom stereocenters. The van der Waals surface area contributed by atoms with Gasteiger partial charge in [0.1, 0.15) is 11.3 Å². The van der Waals surface area contributed by atoms with Crippen molar-refractivity contribution in [1.29, 1.82) is 0 Å². The van der Waals surface area contributed by atoms with E-state index in [-0.39, 0.29) is 15.5 Å². The lowest BCUT2D eigenvalue weighted by Gasteiger charge is -2.08. The Labute approximate surface area is 137 Å². The van der Waals surface area contributed by atoms with Gasteiger partial charge < -0.3 is 10.2 Å². The second-order valence-corrected chi connectivity index (χ2v) is 8.24. The van der Waals surface area contributed by atoms with Crippen LogP contribution < -0.4 is 4.72 Å². The van der Waals surface area contributed by atoms with Crippen molar-refractivity contribution in [1.82, 2.24) is 0 Å². The van der Waals surface area contributed by atoms with Crippen LogP contribution >= 0.6 is 38.9 Å². The first-order valence-corrected chi connectivity index (χ1v) is 8.72. The molecule has 0 aliphatic heterocycles. The zero-order chi connectivity index (χ0) is 15.8. The van der Waals surface area contributed by atoms with E-state index in [0.717, 1.165) is 23.5 Å². The molecule has 0 spiro atoms. The summed E-state index contributed by atoms with van der Waals surface area (Å²) in [6.45, 7) is 0. The summed E-state index contributed by atoms with van der Waals surface area (Å²) in [6.07, 6.45) is 0. The highest BCUT2D eigenvalue weighted by atomic mass is 79.9. The largest absolute Gasteiger partial charge is 0.507 e. The van der Waals surface area contributed by atoms with E-state index < -0.39 is 21.7 Å². The molecule has 0 aliphatic rings. The Morgan fingerprint density at radius 3 is 2.48 bits per heavy atom. The molecule has 0 radical (unpaired) electrons. The van der Waals surface area contributed by atoms with Gasteiger partial charge in [-0.2, -0.15) is 0 Å². The third kappa shape index (κ3) is 3.49. The van der Waals surface area contributed by atoms with Crippen LogP contribution in [0.3, 0.4) is 0 Å². The minimum atomic E-state index is -3.89. The maximum Gasteiger partial charge on any atom is 0.339 e. The number of hydrogen-bond donors (Lipinski definition) is 3. The van der Waals surface area contributed by atoms with E-state index in [4.69, 9.17) is 16.7 Å². The van der Waals surface area contributed by atoms with Crippen molar-refractivity contribution in [3.05, 3.63) is 38.6 Å². The van der Waals surface area contributed by atoms with Crippen LogP contribution in [0.2, 0.25) is 4.34 Å². The third-order valence-electron chi connectivity index (χ3n) is 2.35. The fourth-order valence-electron chi connectivity index (χ4n) is 1.49. The Morgan fingerprint density at radius 1 is 1.33 bits per heavy atom. The van der Waals surface area contributed by atoms with Crippen molar-refractivity contribution < 1.29 is 23.4 Å². The lowest BCUT2D eigenvalue weighted by molar-refractivity contribution is 0.0694. The van der Waals surface area contributed by atoms with Crippen molar-refractivity contribution >= 4 is 60.5 Å². The minimum Gasteiger partial charge on any atom is -0.507 e. The summed E-state index contributed by atoms with van der Waals surface area (Å²) >= 11 is 9.70. The number of anilines is 1. The van der Waals surface area contributed by atoms with E-state index in [0.29, 0.717) is 8.81 Å². The number of rotatable bonds is 4. The molecule has 112 valence electrons. The fraction of sp³-hybridized carbons (Fsp3) is 0. The molecule has 10 heteroatoms. The Balaban J connectivity index is 2.35. The second-order valence-electron chi connectivity index (χ2n) is 3.83. The van der Waals surface area contributed by atoms with Crippen molar-refractivity contribution in [3.63, 3.8) is 0 Å². The number of carbonyl (C=O) groups is 1. The van der Waals surface area contributed by atoms with E-state index in [1.807, 2.05) is 0 Å². The van der Waals surface area contributed by atoms with Gasteiger partial charge in [-0.15, -0.1) is 11.3 Å². The number of nitrogens with one attached hydrogen (secondary N) is 1. The molecule has 1 aromatic carbocycles. The predicted molar refractivity (Wildman–Crippen MR) is 82.9 cm³/mol.